The van der Waals surface area contributed by atoms with Crippen LogP contribution in [0, 0.1) is 11.3 Å². The van der Waals surface area contributed by atoms with E-state index in [1.54, 1.807) is 0 Å². The molecule has 1 aromatic rings. The highest BCUT2D eigenvalue weighted by molar-refractivity contribution is 6.37. The lowest BCUT2D eigenvalue weighted by molar-refractivity contribution is -0.143. The van der Waals surface area contributed by atoms with Crippen LogP contribution in [0.25, 0.3) is 0 Å². The number of amides is 5. The molecule has 1 aliphatic rings. The molecular formula is C30H47N5O5. The van der Waals surface area contributed by atoms with Crippen molar-refractivity contribution in [1.82, 2.24) is 20.9 Å². The van der Waals surface area contributed by atoms with Crippen LogP contribution in [0.3, 0.4) is 0 Å². The molecule has 0 bridgehead atoms. The minimum atomic E-state index is -1.11. The third-order valence-corrected chi connectivity index (χ3v) is 7.38. The fraction of sp³-hybridized carbons (Fsp3) is 0.633. The van der Waals surface area contributed by atoms with Crippen molar-refractivity contribution in [2.45, 2.75) is 104 Å². The average Bonchev–Trinajstić information content (AvgIpc) is 3.35. The third-order valence-electron chi connectivity index (χ3n) is 7.38. The Morgan fingerprint density at radius 2 is 1.65 bits per heavy atom. The Labute approximate surface area is 238 Å². The second-order valence-corrected chi connectivity index (χ2v) is 12.7. The van der Waals surface area contributed by atoms with Gasteiger partial charge in [-0.3, -0.25) is 19.2 Å². The monoisotopic (exact) mass is 557 g/mol. The lowest BCUT2D eigenvalue weighted by atomic mass is 9.85. The van der Waals surface area contributed by atoms with E-state index in [1.165, 1.54) is 4.90 Å². The summed E-state index contributed by atoms with van der Waals surface area (Å²) in [5, 5.41) is 8.51. The maximum absolute atomic E-state index is 13.8. The molecule has 40 heavy (non-hydrogen) atoms. The summed E-state index contributed by atoms with van der Waals surface area (Å²) in [4.78, 5) is 65.7. The van der Waals surface area contributed by atoms with Crippen LogP contribution in [0.5, 0.6) is 0 Å². The van der Waals surface area contributed by atoms with Gasteiger partial charge in [-0.05, 0) is 56.4 Å². The van der Waals surface area contributed by atoms with E-state index in [4.69, 9.17) is 5.73 Å². The standard InChI is InChI=1S/C30H47N5O5/c1-8-19(2)17-21(23(36)25(31)37)32-26(38)22-15-12-16-35(22)27(39)24(29(3,4)5)33-28(40)34-30(6,7)18-20-13-10-9-11-14-20/h9-11,13-14,19,21-22,24H,8,12,15-18H2,1-7H3,(H2,31,37)(H,32,38)(H2,33,34,40)/t19?,21?,22-,24?/m0/s1. The van der Waals surface area contributed by atoms with E-state index in [2.05, 4.69) is 16.0 Å². The molecule has 5 amide bonds. The number of nitrogens with one attached hydrogen (secondary N) is 3. The number of carbonyl (C=O) groups is 5. The van der Waals surface area contributed by atoms with Crippen LogP contribution < -0.4 is 21.7 Å². The lowest BCUT2D eigenvalue weighted by Crippen LogP contribution is -2.61. The van der Waals surface area contributed by atoms with Gasteiger partial charge in [0.05, 0.1) is 6.04 Å². The van der Waals surface area contributed by atoms with Gasteiger partial charge in [-0.25, -0.2) is 4.79 Å². The van der Waals surface area contributed by atoms with Crippen molar-refractivity contribution >= 4 is 29.5 Å². The predicted molar refractivity (Wildman–Crippen MR) is 154 cm³/mol. The highest BCUT2D eigenvalue weighted by atomic mass is 16.2. The van der Waals surface area contributed by atoms with E-state index in [0.717, 1.165) is 12.0 Å². The first kappa shape index (κ1) is 32.8. The van der Waals surface area contributed by atoms with Gasteiger partial charge in [0.15, 0.2) is 0 Å². The van der Waals surface area contributed by atoms with Gasteiger partial charge in [-0.15, -0.1) is 0 Å². The third kappa shape index (κ3) is 9.34. The number of nitrogens with two attached hydrogens (primary N) is 1. The van der Waals surface area contributed by atoms with Gasteiger partial charge < -0.3 is 26.6 Å². The second kappa shape index (κ2) is 13.8. The fourth-order valence-corrected chi connectivity index (χ4v) is 4.98. The number of hydrogen-bond acceptors (Lipinski definition) is 5. The van der Waals surface area contributed by atoms with Crippen molar-refractivity contribution in [3.8, 4) is 0 Å². The zero-order valence-electron chi connectivity index (χ0n) is 25.0. The first-order valence-corrected chi connectivity index (χ1v) is 14.1. The quantitative estimate of drug-likeness (QED) is 0.291. The minimum absolute atomic E-state index is 0.0778. The molecule has 0 spiro atoms. The Kier molecular flexibility index (Phi) is 11.3. The van der Waals surface area contributed by atoms with Gasteiger partial charge in [0, 0.05) is 12.1 Å². The van der Waals surface area contributed by atoms with Crippen molar-refractivity contribution in [2.75, 3.05) is 6.54 Å². The van der Waals surface area contributed by atoms with E-state index in [0.29, 0.717) is 25.8 Å². The zero-order chi connectivity index (χ0) is 30.3. The number of likely N-dealkylation sites (tertiary alicyclic amines) is 1. The number of primary amides is 1. The summed E-state index contributed by atoms with van der Waals surface area (Å²) < 4.78 is 0. The highest BCUT2D eigenvalue weighted by Gasteiger charge is 2.43. The molecule has 1 fully saturated rings. The maximum Gasteiger partial charge on any atom is 0.315 e. The molecule has 0 aromatic heterocycles. The van der Waals surface area contributed by atoms with Gasteiger partial charge in [0.2, 0.25) is 17.6 Å². The van der Waals surface area contributed by atoms with Crippen molar-refractivity contribution in [2.24, 2.45) is 17.1 Å². The molecule has 0 radical (unpaired) electrons. The van der Waals surface area contributed by atoms with E-state index >= 15 is 0 Å². The van der Waals surface area contributed by atoms with Gasteiger partial charge in [-0.1, -0.05) is 71.4 Å². The average molecular weight is 558 g/mol. The number of rotatable bonds is 12. The van der Waals surface area contributed by atoms with Crippen molar-refractivity contribution < 1.29 is 24.0 Å². The van der Waals surface area contributed by atoms with Gasteiger partial charge in [-0.2, -0.15) is 0 Å². The van der Waals surface area contributed by atoms with Crippen LogP contribution in [-0.2, 0) is 25.6 Å². The lowest BCUT2D eigenvalue weighted by Gasteiger charge is -2.36. The van der Waals surface area contributed by atoms with E-state index in [1.807, 2.05) is 78.8 Å². The molecule has 3 unspecified atom stereocenters. The molecule has 0 saturated carbocycles. The molecule has 1 saturated heterocycles. The van der Waals surface area contributed by atoms with Crippen LogP contribution >= 0.6 is 0 Å². The number of nitrogens with zero attached hydrogens (tertiary/aromatic N) is 1. The fourth-order valence-electron chi connectivity index (χ4n) is 4.98. The van der Waals surface area contributed by atoms with Crippen LogP contribution in [0.4, 0.5) is 4.79 Å². The van der Waals surface area contributed by atoms with Crippen molar-refractivity contribution in [3.05, 3.63) is 35.9 Å². The Bertz CT molecular complexity index is 1070. The first-order chi connectivity index (χ1) is 18.6. The van der Waals surface area contributed by atoms with E-state index < -0.39 is 52.7 Å². The topological polar surface area (TPSA) is 151 Å². The summed E-state index contributed by atoms with van der Waals surface area (Å²) in [7, 11) is 0. The molecular weight excluding hydrogens is 510 g/mol. The minimum Gasteiger partial charge on any atom is -0.363 e. The van der Waals surface area contributed by atoms with Gasteiger partial charge in [0.1, 0.15) is 12.1 Å². The SMILES string of the molecule is CCC(C)CC(NC(=O)[C@@H]1CCCN1C(=O)C(NC(=O)NC(C)(C)Cc1ccccc1)C(C)(C)C)C(=O)C(N)=O. The molecule has 10 heteroatoms. The van der Waals surface area contributed by atoms with Crippen LogP contribution in [0.1, 0.15) is 79.7 Å². The maximum atomic E-state index is 13.8. The summed E-state index contributed by atoms with van der Waals surface area (Å²) in [5.74, 6) is -2.76. The molecule has 222 valence electrons. The molecule has 10 nitrogen and oxygen atoms in total. The summed E-state index contributed by atoms with van der Waals surface area (Å²) in [5.41, 5.74) is 5.07. The van der Waals surface area contributed by atoms with Gasteiger partial charge >= 0.3 is 6.03 Å². The zero-order valence-corrected chi connectivity index (χ0v) is 25.0. The normalized spacial score (nSPS) is 17.9. The van der Waals surface area contributed by atoms with Gasteiger partial charge in [0.25, 0.3) is 5.91 Å². The largest absolute Gasteiger partial charge is 0.363 e. The van der Waals surface area contributed by atoms with Crippen molar-refractivity contribution in [3.63, 3.8) is 0 Å². The number of ketones is 1. The molecule has 5 N–H and O–H groups in total. The molecule has 1 heterocycles. The highest BCUT2D eigenvalue weighted by Crippen LogP contribution is 2.26. The van der Waals surface area contributed by atoms with Crippen molar-refractivity contribution in [1.29, 1.82) is 0 Å². The first-order valence-electron chi connectivity index (χ1n) is 14.1. The predicted octanol–water partition coefficient (Wildman–Crippen LogP) is 2.69. The molecule has 2 rings (SSSR count). The Balaban J connectivity index is 2.16. The molecule has 1 aliphatic heterocycles. The smallest absolute Gasteiger partial charge is 0.315 e. The Hall–Kier alpha value is -3.43. The van der Waals surface area contributed by atoms with E-state index in [-0.39, 0.29) is 18.2 Å². The number of hydrogen-bond donors (Lipinski definition) is 4. The molecule has 4 atom stereocenters. The van der Waals surface area contributed by atoms with E-state index in [9.17, 15) is 24.0 Å². The molecule has 1 aromatic carbocycles. The van der Waals surface area contributed by atoms with Crippen LogP contribution in [0.15, 0.2) is 30.3 Å². The summed E-state index contributed by atoms with van der Waals surface area (Å²) in [6.07, 6.45) is 2.64. The number of urea groups is 1. The number of benzene rings is 1. The van der Waals surface area contributed by atoms with Crippen LogP contribution in [-0.4, -0.2) is 64.6 Å². The summed E-state index contributed by atoms with van der Waals surface area (Å²) in [6.45, 7) is 13.6. The number of carbonyl (C=O) groups excluding carboxylic acids is 5. The van der Waals surface area contributed by atoms with Crippen LogP contribution in [0.2, 0.25) is 0 Å². The second-order valence-electron chi connectivity index (χ2n) is 12.7. The summed E-state index contributed by atoms with van der Waals surface area (Å²) >= 11 is 0. The molecule has 0 aliphatic carbocycles. The Morgan fingerprint density at radius 3 is 2.20 bits per heavy atom. The summed E-state index contributed by atoms with van der Waals surface area (Å²) in [6, 6.07) is 6.55. The number of Topliss-reactive ketones (excluding diaryl/α,β-unsaturated/α-hetero) is 1. The Morgan fingerprint density at radius 1 is 1.02 bits per heavy atom.